The van der Waals surface area contributed by atoms with Crippen LogP contribution in [0, 0.1) is 0 Å². The van der Waals surface area contributed by atoms with Crippen LogP contribution >= 0.6 is 0 Å². The number of aliphatic hydroxyl groups excluding tert-OH is 1. The van der Waals surface area contributed by atoms with Crippen molar-refractivity contribution in [3.8, 4) is 0 Å². The number of rotatable bonds is 1. The second kappa shape index (κ2) is 1.99. The molecule has 1 heterocycles. The van der Waals surface area contributed by atoms with E-state index in [0.717, 1.165) is 17.1 Å². The molecule has 1 rings (SSSR count). The van der Waals surface area contributed by atoms with Gasteiger partial charge in [-0.3, -0.25) is 14.5 Å². The molecule has 4 nitrogen and oxygen atoms in total. The molecule has 1 aliphatic rings. The second-order valence-electron chi connectivity index (χ2n) is 1.58. The maximum atomic E-state index is 10.5. The van der Waals surface area contributed by atoms with Crippen molar-refractivity contribution in [1.82, 2.24) is 4.90 Å². The van der Waals surface area contributed by atoms with Crippen LogP contribution in [0.15, 0.2) is 12.2 Å². The van der Waals surface area contributed by atoms with Gasteiger partial charge in [-0.15, -0.1) is 0 Å². The summed E-state index contributed by atoms with van der Waals surface area (Å²) in [4.78, 5) is 21.7. The Morgan fingerprint density at radius 3 is 2.00 bits per heavy atom. The van der Waals surface area contributed by atoms with E-state index in [4.69, 9.17) is 5.11 Å². The highest BCUT2D eigenvalue weighted by atomic mass is 16.3. The summed E-state index contributed by atoms with van der Waals surface area (Å²) in [6.45, 7) is -0.537. The molecule has 48 valence electrons. The molecule has 0 aliphatic carbocycles. The van der Waals surface area contributed by atoms with Gasteiger partial charge in [0.1, 0.15) is 6.73 Å². The summed E-state index contributed by atoms with van der Waals surface area (Å²) >= 11 is 0. The van der Waals surface area contributed by atoms with Crippen LogP contribution in [0.1, 0.15) is 0 Å². The minimum Gasteiger partial charge on any atom is -0.376 e. The fraction of sp³-hybridized carbons (Fsp3) is 0.200. The molecule has 1 N–H and O–H groups in total. The van der Waals surface area contributed by atoms with Crippen molar-refractivity contribution in [2.24, 2.45) is 0 Å². The molecule has 0 saturated carbocycles. The summed E-state index contributed by atoms with van der Waals surface area (Å²) in [6.07, 6.45) is 2.25. The molecule has 0 saturated heterocycles. The van der Waals surface area contributed by atoms with Crippen LogP contribution in [0.5, 0.6) is 0 Å². The normalized spacial score (nSPS) is 17.7. The standard InChI is InChI=1S/C5H5NO3/c7-3-6-4(8)1-2-5(6)9/h1-2,7H,3H2. The summed E-state index contributed by atoms with van der Waals surface area (Å²) in [7, 11) is 0. The number of nitrogens with zero attached hydrogens (tertiary/aromatic N) is 1. The van der Waals surface area contributed by atoms with Gasteiger partial charge in [-0.05, 0) is 0 Å². The Hall–Kier alpha value is -1.16. The molecule has 0 aromatic heterocycles. The molecule has 1 aliphatic heterocycles. The number of amides is 2. The van der Waals surface area contributed by atoms with Crippen LogP contribution in [0.3, 0.4) is 0 Å². The number of imide groups is 1. The van der Waals surface area contributed by atoms with Crippen molar-refractivity contribution < 1.29 is 14.7 Å². The Morgan fingerprint density at radius 1 is 1.33 bits per heavy atom. The van der Waals surface area contributed by atoms with Gasteiger partial charge in [0.2, 0.25) is 0 Å². The molecule has 0 atom stereocenters. The van der Waals surface area contributed by atoms with Crippen LogP contribution in [0.2, 0.25) is 0 Å². The molecule has 9 heavy (non-hydrogen) atoms. The van der Waals surface area contributed by atoms with Crippen molar-refractivity contribution in [3.05, 3.63) is 12.2 Å². The lowest BCUT2D eigenvalue weighted by molar-refractivity contribution is -0.140. The maximum absolute atomic E-state index is 10.5. The number of carbonyl (C=O) groups excluding carboxylic acids is 2. The zero-order valence-corrected chi connectivity index (χ0v) is 4.57. The van der Waals surface area contributed by atoms with E-state index in [1.807, 2.05) is 0 Å². The largest absolute Gasteiger partial charge is 0.376 e. The molecule has 0 radical (unpaired) electrons. The molecular formula is C5H5NO3. The number of carbonyl (C=O) groups is 2. The monoisotopic (exact) mass is 127 g/mol. The first-order valence-corrected chi connectivity index (χ1v) is 2.40. The van der Waals surface area contributed by atoms with Gasteiger partial charge >= 0.3 is 0 Å². The summed E-state index contributed by atoms with van der Waals surface area (Å²) < 4.78 is 0. The second-order valence-corrected chi connectivity index (χ2v) is 1.58. The van der Waals surface area contributed by atoms with Crippen molar-refractivity contribution in [2.45, 2.75) is 0 Å². The van der Waals surface area contributed by atoms with Crippen LogP contribution in [-0.4, -0.2) is 28.6 Å². The SMILES string of the molecule is O=C1C=CC(=O)N1CO. The van der Waals surface area contributed by atoms with Crippen molar-refractivity contribution in [2.75, 3.05) is 6.73 Å². The predicted molar refractivity (Wildman–Crippen MR) is 28.1 cm³/mol. The Bertz CT molecular complexity index is 167. The Labute approximate surface area is 51.4 Å². The van der Waals surface area contributed by atoms with Gasteiger partial charge in [0, 0.05) is 12.2 Å². The third-order valence-electron chi connectivity index (χ3n) is 1.04. The van der Waals surface area contributed by atoms with E-state index in [1.165, 1.54) is 0 Å². The van der Waals surface area contributed by atoms with Crippen molar-refractivity contribution >= 4 is 11.8 Å². The first kappa shape index (κ1) is 5.97. The number of hydrogen-bond donors (Lipinski definition) is 1. The van der Waals surface area contributed by atoms with Crippen LogP contribution in [0.4, 0.5) is 0 Å². The van der Waals surface area contributed by atoms with Crippen LogP contribution < -0.4 is 0 Å². The highest BCUT2D eigenvalue weighted by Crippen LogP contribution is 1.99. The highest BCUT2D eigenvalue weighted by molar-refractivity contribution is 6.12. The Kier molecular flexibility index (Phi) is 1.32. The molecule has 0 bridgehead atoms. The molecule has 0 spiro atoms. The van der Waals surface area contributed by atoms with E-state index in [0.29, 0.717) is 0 Å². The average Bonchev–Trinajstić information content (AvgIpc) is 2.12. The zero-order chi connectivity index (χ0) is 6.85. The van der Waals surface area contributed by atoms with E-state index >= 15 is 0 Å². The van der Waals surface area contributed by atoms with Gasteiger partial charge in [0.05, 0.1) is 0 Å². The minimum atomic E-state index is -0.537. The van der Waals surface area contributed by atoms with E-state index in [9.17, 15) is 9.59 Å². The quantitative estimate of drug-likeness (QED) is 0.453. The summed E-state index contributed by atoms with van der Waals surface area (Å²) in [5.74, 6) is -0.912. The summed E-state index contributed by atoms with van der Waals surface area (Å²) in [5.41, 5.74) is 0. The highest BCUT2D eigenvalue weighted by Gasteiger charge is 2.21. The number of hydrogen-bond acceptors (Lipinski definition) is 3. The van der Waals surface area contributed by atoms with Gasteiger partial charge in [-0.25, -0.2) is 0 Å². The average molecular weight is 127 g/mol. The first-order valence-electron chi connectivity index (χ1n) is 2.40. The Morgan fingerprint density at radius 2 is 1.78 bits per heavy atom. The van der Waals surface area contributed by atoms with E-state index in [1.54, 1.807) is 0 Å². The van der Waals surface area contributed by atoms with E-state index < -0.39 is 18.5 Å². The summed E-state index contributed by atoms with van der Waals surface area (Å²) in [5, 5.41) is 8.35. The lowest BCUT2D eigenvalue weighted by Crippen LogP contribution is -2.30. The van der Waals surface area contributed by atoms with E-state index in [-0.39, 0.29) is 0 Å². The maximum Gasteiger partial charge on any atom is 0.255 e. The third-order valence-corrected chi connectivity index (χ3v) is 1.04. The van der Waals surface area contributed by atoms with Crippen molar-refractivity contribution in [1.29, 1.82) is 0 Å². The van der Waals surface area contributed by atoms with Gasteiger partial charge in [-0.1, -0.05) is 0 Å². The van der Waals surface area contributed by atoms with Gasteiger partial charge < -0.3 is 5.11 Å². The zero-order valence-electron chi connectivity index (χ0n) is 4.57. The van der Waals surface area contributed by atoms with E-state index in [2.05, 4.69) is 0 Å². The molecule has 0 fully saturated rings. The lowest BCUT2D eigenvalue weighted by Gasteiger charge is -2.06. The van der Waals surface area contributed by atoms with Gasteiger partial charge in [0.25, 0.3) is 11.8 Å². The molecule has 4 heteroatoms. The fourth-order valence-electron chi connectivity index (χ4n) is 0.571. The van der Waals surface area contributed by atoms with Crippen molar-refractivity contribution in [3.63, 3.8) is 0 Å². The lowest BCUT2D eigenvalue weighted by atomic mass is 10.6. The van der Waals surface area contributed by atoms with Gasteiger partial charge in [-0.2, -0.15) is 0 Å². The molecule has 0 unspecified atom stereocenters. The molecular weight excluding hydrogens is 122 g/mol. The third kappa shape index (κ3) is 0.837. The molecule has 0 aromatic carbocycles. The first-order chi connectivity index (χ1) is 4.25. The topological polar surface area (TPSA) is 57.6 Å². The van der Waals surface area contributed by atoms with Crippen LogP contribution in [-0.2, 0) is 9.59 Å². The molecule has 2 amide bonds. The summed E-state index contributed by atoms with van der Waals surface area (Å²) in [6, 6.07) is 0. The van der Waals surface area contributed by atoms with Gasteiger partial charge in [0.15, 0.2) is 0 Å². The smallest absolute Gasteiger partial charge is 0.255 e. The molecule has 0 aromatic rings. The minimum absolute atomic E-state index is 0.456. The Balaban J connectivity index is 2.75. The predicted octanol–water partition coefficient (Wildman–Crippen LogP) is -1.14. The number of aliphatic hydroxyl groups is 1. The fourth-order valence-corrected chi connectivity index (χ4v) is 0.571. The van der Waals surface area contributed by atoms with Crippen LogP contribution in [0.25, 0.3) is 0 Å².